The van der Waals surface area contributed by atoms with Crippen molar-refractivity contribution < 1.29 is 18.4 Å². The third-order valence-corrected chi connectivity index (χ3v) is 3.09. The lowest BCUT2D eigenvalue weighted by Crippen LogP contribution is -2.50. The van der Waals surface area contributed by atoms with Gasteiger partial charge in [-0.15, -0.1) is 0 Å². The fourth-order valence-corrected chi connectivity index (χ4v) is 2.11. The van der Waals surface area contributed by atoms with Gasteiger partial charge in [0.25, 0.3) is 0 Å². The molecule has 7 heteroatoms. The highest BCUT2D eigenvalue weighted by Gasteiger charge is 2.40. The molecule has 0 aliphatic heterocycles. The summed E-state index contributed by atoms with van der Waals surface area (Å²) in [6, 6.07) is -0.569. The van der Waals surface area contributed by atoms with Crippen molar-refractivity contribution >= 4 is 23.4 Å². The van der Waals surface area contributed by atoms with Crippen LogP contribution in [0.5, 0.6) is 0 Å². The summed E-state index contributed by atoms with van der Waals surface area (Å²) in [4.78, 5) is 22.6. The molecule has 0 spiro atoms. The third kappa shape index (κ3) is 3.80. The van der Waals surface area contributed by atoms with E-state index >= 15 is 0 Å². The fourth-order valence-electron chi connectivity index (χ4n) is 2.05. The van der Waals surface area contributed by atoms with Crippen molar-refractivity contribution in [3.63, 3.8) is 0 Å². The molecule has 0 aromatic carbocycles. The molecule has 0 aromatic heterocycles. The number of rotatable bonds is 3. The normalized spacial score (nSPS) is 25.2. The van der Waals surface area contributed by atoms with Gasteiger partial charge in [-0.05, 0) is 24.4 Å². The predicted octanol–water partition coefficient (Wildman–Crippen LogP) is 1.24. The number of alkyl halides is 3. The van der Waals surface area contributed by atoms with Gasteiger partial charge in [-0.3, -0.25) is 9.59 Å². The van der Waals surface area contributed by atoms with Gasteiger partial charge < -0.3 is 10.6 Å². The summed E-state index contributed by atoms with van der Waals surface area (Å²) >= 11 is 4.62. The zero-order valence-electron chi connectivity index (χ0n) is 9.43. The van der Waals surface area contributed by atoms with Crippen molar-refractivity contribution in [3.8, 4) is 0 Å². The van der Waals surface area contributed by atoms with Crippen LogP contribution >= 0.6 is 11.6 Å². The molecule has 0 radical (unpaired) electrons. The molecular weight excluding hydrogens is 254 g/mol. The lowest BCUT2D eigenvalue weighted by atomic mass is 9.84. The molecule has 2 atom stereocenters. The summed E-state index contributed by atoms with van der Waals surface area (Å²) in [7, 11) is 1.48. The van der Waals surface area contributed by atoms with Crippen molar-refractivity contribution in [1.82, 2.24) is 10.6 Å². The minimum Gasteiger partial charge on any atom is -0.359 e. The Morgan fingerprint density at radius 2 is 1.88 bits per heavy atom. The van der Waals surface area contributed by atoms with Crippen molar-refractivity contribution in [2.75, 3.05) is 7.05 Å². The van der Waals surface area contributed by atoms with Gasteiger partial charge in [0.2, 0.25) is 5.91 Å². The quantitative estimate of drug-likeness (QED) is 0.757. The van der Waals surface area contributed by atoms with E-state index in [1.54, 1.807) is 0 Å². The number of halogens is 3. The molecule has 2 N–H and O–H groups in total. The van der Waals surface area contributed by atoms with Gasteiger partial charge in [0.15, 0.2) is 0 Å². The first-order valence-corrected chi connectivity index (χ1v) is 5.83. The number of carbonyl (C=O) groups is 2. The van der Waals surface area contributed by atoms with E-state index in [1.807, 2.05) is 0 Å². The van der Waals surface area contributed by atoms with Crippen LogP contribution in [-0.4, -0.2) is 30.3 Å². The molecular formula is C10H15ClF2N2O2. The third-order valence-electron chi connectivity index (χ3n) is 2.92. The second kappa shape index (κ2) is 5.62. The van der Waals surface area contributed by atoms with E-state index in [9.17, 15) is 18.4 Å². The Hall–Kier alpha value is -0.910. The molecule has 0 bridgehead atoms. The molecule has 17 heavy (non-hydrogen) atoms. The summed E-state index contributed by atoms with van der Waals surface area (Å²) < 4.78 is 25.1. The monoisotopic (exact) mass is 268 g/mol. The van der Waals surface area contributed by atoms with Gasteiger partial charge in [-0.2, -0.15) is 8.78 Å². The van der Waals surface area contributed by atoms with E-state index in [2.05, 4.69) is 22.2 Å². The van der Waals surface area contributed by atoms with Crippen LogP contribution in [0.4, 0.5) is 8.78 Å². The van der Waals surface area contributed by atoms with Crippen molar-refractivity contribution in [1.29, 1.82) is 0 Å². The minimum atomic E-state index is -3.93. The molecule has 1 aliphatic carbocycles. The molecule has 1 rings (SSSR count). The maximum absolute atomic E-state index is 12.5. The zero-order chi connectivity index (χ0) is 13.1. The lowest BCUT2D eigenvalue weighted by molar-refractivity contribution is -0.138. The summed E-state index contributed by atoms with van der Waals surface area (Å²) in [6.07, 6.45) is 2.74. The van der Waals surface area contributed by atoms with E-state index in [0.717, 1.165) is 12.8 Å². The number of amides is 2. The van der Waals surface area contributed by atoms with E-state index < -0.39 is 23.2 Å². The van der Waals surface area contributed by atoms with Gasteiger partial charge in [-0.1, -0.05) is 12.8 Å². The predicted molar refractivity (Wildman–Crippen MR) is 58.8 cm³/mol. The highest BCUT2D eigenvalue weighted by molar-refractivity contribution is 6.32. The van der Waals surface area contributed by atoms with Crippen molar-refractivity contribution in [3.05, 3.63) is 0 Å². The SMILES string of the molecule is CNC(=O)C1CCCCC1NC(=O)C(F)(F)Cl. The number of hydrogen-bond acceptors (Lipinski definition) is 2. The molecule has 2 unspecified atom stereocenters. The van der Waals surface area contributed by atoms with E-state index in [0.29, 0.717) is 12.8 Å². The molecule has 2 amide bonds. The zero-order valence-corrected chi connectivity index (χ0v) is 10.2. The Bertz CT molecular complexity index is 307. The Labute approximate surface area is 103 Å². The van der Waals surface area contributed by atoms with Gasteiger partial charge in [0, 0.05) is 13.1 Å². The number of carbonyl (C=O) groups excluding carboxylic acids is 2. The number of hydrogen-bond donors (Lipinski definition) is 2. The highest BCUT2D eigenvalue weighted by atomic mass is 35.5. The molecule has 1 aliphatic rings. The van der Waals surface area contributed by atoms with Crippen LogP contribution in [0.25, 0.3) is 0 Å². The molecule has 0 heterocycles. The van der Waals surface area contributed by atoms with Crippen LogP contribution < -0.4 is 10.6 Å². The van der Waals surface area contributed by atoms with Crippen LogP contribution in [0, 0.1) is 5.92 Å². The molecule has 0 saturated heterocycles. The van der Waals surface area contributed by atoms with E-state index in [1.165, 1.54) is 7.05 Å². The number of nitrogens with one attached hydrogen (secondary N) is 2. The average Bonchev–Trinajstić information content (AvgIpc) is 2.27. The first-order valence-electron chi connectivity index (χ1n) is 5.45. The summed E-state index contributed by atoms with van der Waals surface area (Å²) in [5.41, 5.74) is 0. The Balaban J connectivity index is 2.66. The molecule has 1 fully saturated rings. The van der Waals surface area contributed by atoms with Crippen LogP contribution in [0.1, 0.15) is 25.7 Å². The van der Waals surface area contributed by atoms with E-state index in [4.69, 9.17) is 0 Å². The first-order chi connectivity index (χ1) is 7.86. The van der Waals surface area contributed by atoms with Crippen LogP contribution in [-0.2, 0) is 9.59 Å². The second-order valence-electron chi connectivity index (χ2n) is 4.08. The topological polar surface area (TPSA) is 58.2 Å². The lowest BCUT2D eigenvalue weighted by Gasteiger charge is -2.31. The van der Waals surface area contributed by atoms with Gasteiger partial charge in [0.05, 0.1) is 5.92 Å². The fraction of sp³-hybridized carbons (Fsp3) is 0.800. The maximum Gasteiger partial charge on any atom is 0.399 e. The first kappa shape index (κ1) is 14.2. The maximum atomic E-state index is 12.5. The van der Waals surface area contributed by atoms with E-state index in [-0.39, 0.29) is 5.91 Å². The summed E-state index contributed by atoms with van der Waals surface area (Å²) in [6.45, 7) is 0. The largest absolute Gasteiger partial charge is 0.399 e. The second-order valence-corrected chi connectivity index (χ2v) is 4.56. The van der Waals surface area contributed by atoms with Crippen LogP contribution in [0.15, 0.2) is 0 Å². The standard InChI is InChI=1S/C10H15ClF2N2O2/c1-14-8(16)6-4-2-3-5-7(6)15-9(17)10(11,12)13/h6-7H,2-5H2,1H3,(H,14,16)(H,15,17). The summed E-state index contributed by atoms with van der Waals surface area (Å²) in [5.74, 6) is -2.25. The van der Waals surface area contributed by atoms with Gasteiger partial charge >= 0.3 is 11.3 Å². The highest BCUT2D eigenvalue weighted by Crippen LogP contribution is 2.26. The average molecular weight is 269 g/mol. The Morgan fingerprint density at radius 1 is 1.29 bits per heavy atom. The van der Waals surface area contributed by atoms with Crippen LogP contribution in [0.2, 0.25) is 0 Å². The molecule has 0 aromatic rings. The van der Waals surface area contributed by atoms with Gasteiger partial charge in [0.1, 0.15) is 0 Å². The minimum absolute atomic E-state index is 0.243. The van der Waals surface area contributed by atoms with Crippen molar-refractivity contribution in [2.24, 2.45) is 5.92 Å². The van der Waals surface area contributed by atoms with Crippen LogP contribution in [0.3, 0.4) is 0 Å². The Morgan fingerprint density at radius 3 is 2.41 bits per heavy atom. The Kier molecular flexibility index (Phi) is 4.68. The molecule has 4 nitrogen and oxygen atoms in total. The molecule has 1 saturated carbocycles. The summed E-state index contributed by atoms with van der Waals surface area (Å²) in [5, 5.41) is 0.682. The molecule has 98 valence electrons. The van der Waals surface area contributed by atoms with Crippen molar-refractivity contribution in [2.45, 2.75) is 37.1 Å². The van der Waals surface area contributed by atoms with Gasteiger partial charge in [-0.25, -0.2) is 0 Å². The smallest absolute Gasteiger partial charge is 0.359 e.